The Labute approximate surface area is 138 Å². The molecule has 1 aliphatic rings. The smallest absolute Gasteiger partial charge is 0.315 e. The molecule has 1 aliphatic heterocycles. The van der Waals surface area contributed by atoms with E-state index in [0.29, 0.717) is 18.7 Å². The second-order valence-corrected chi connectivity index (χ2v) is 6.30. The molecule has 23 heavy (non-hydrogen) atoms. The van der Waals surface area contributed by atoms with Crippen molar-refractivity contribution in [3.05, 3.63) is 35.4 Å². The number of likely N-dealkylation sites (tertiary alicyclic amines) is 1. The second kappa shape index (κ2) is 9.16. The number of hydrogen-bond acceptors (Lipinski definition) is 3. The quantitative estimate of drug-likeness (QED) is 0.793. The lowest BCUT2D eigenvalue weighted by Crippen LogP contribution is -2.38. The Kier molecular flexibility index (Phi) is 6.89. The monoisotopic (exact) mass is 314 g/mol. The van der Waals surface area contributed by atoms with E-state index in [9.17, 15) is 4.79 Å². The standard InChI is InChI=1S/C18H26N4O/c1-15-7-11-22(12-8-15)10-2-9-20-18(23)21-14-17-5-3-16(13-19)4-6-17/h3-6,15H,2,7-12,14H2,1H3,(H2,20,21,23). The summed E-state index contributed by atoms with van der Waals surface area (Å²) in [6.45, 7) is 6.92. The first-order valence-electron chi connectivity index (χ1n) is 8.40. The number of nitriles is 1. The van der Waals surface area contributed by atoms with Crippen molar-refractivity contribution >= 4 is 6.03 Å². The summed E-state index contributed by atoms with van der Waals surface area (Å²) in [5, 5.41) is 14.5. The molecular formula is C18H26N4O. The minimum Gasteiger partial charge on any atom is -0.338 e. The fourth-order valence-electron chi connectivity index (χ4n) is 2.73. The third-order valence-corrected chi connectivity index (χ3v) is 4.35. The third-order valence-electron chi connectivity index (χ3n) is 4.35. The van der Waals surface area contributed by atoms with Crippen LogP contribution in [-0.2, 0) is 6.54 Å². The fourth-order valence-corrected chi connectivity index (χ4v) is 2.73. The van der Waals surface area contributed by atoms with E-state index in [0.717, 1.165) is 24.4 Å². The molecule has 1 heterocycles. The number of nitrogens with one attached hydrogen (secondary N) is 2. The van der Waals surface area contributed by atoms with E-state index < -0.39 is 0 Å². The lowest BCUT2D eigenvalue weighted by atomic mass is 9.99. The molecule has 0 unspecified atom stereocenters. The highest BCUT2D eigenvalue weighted by Gasteiger charge is 2.14. The molecule has 1 fully saturated rings. The summed E-state index contributed by atoms with van der Waals surface area (Å²) in [7, 11) is 0. The summed E-state index contributed by atoms with van der Waals surface area (Å²) in [5.41, 5.74) is 1.62. The zero-order chi connectivity index (χ0) is 16.5. The highest BCUT2D eigenvalue weighted by Crippen LogP contribution is 2.15. The van der Waals surface area contributed by atoms with Crippen molar-refractivity contribution in [1.82, 2.24) is 15.5 Å². The third kappa shape index (κ3) is 6.29. The molecule has 5 nitrogen and oxygen atoms in total. The number of hydrogen-bond donors (Lipinski definition) is 2. The molecule has 1 aromatic carbocycles. The van der Waals surface area contributed by atoms with Gasteiger partial charge in [0.2, 0.25) is 0 Å². The van der Waals surface area contributed by atoms with Crippen LogP contribution in [0.3, 0.4) is 0 Å². The van der Waals surface area contributed by atoms with Crippen LogP contribution in [0.1, 0.15) is 37.3 Å². The maximum absolute atomic E-state index is 11.7. The van der Waals surface area contributed by atoms with E-state index in [-0.39, 0.29) is 6.03 Å². The number of carbonyl (C=O) groups is 1. The molecule has 0 saturated carbocycles. The molecule has 0 atom stereocenters. The van der Waals surface area contributed by atoms with Crippen molar-refractivity contribution in [3.8, 4) is 6.07 Å². The zero-order valence-corrected chi connectivity index (χ0v) is 13.8. The number of urea groups is 1. The molecule has 2 amide bonds. The Morgan fingerprint density at radius 2 is 1.96 bits per heavy atom. The van der Waals surface area contributed by atoms with Crippen LogP contribution in [0.15, 0.2) is 24.3 Å². The zero-order valence-electron chi connectivity index (χ0n) is 13.8. The van der Waals surface area contributed by atoms with E-state index >= 15 is 0 Å². The predicted molar refractivity (Wildman–Crippen MR) is 90.9 cm³/mol. The Morgan fingerprint density at radius 1 is 1.26 bits per heavy atom. The van der Waals surface area contributed by atoms with E-state index in [1.807, 2.05) is 12.1 Å². The highest BCUT2D eigenvalue weighted by atomic mass is 16.2. The molecule has 0 aliphatic carbocycles. The van der Waals surface area contributed by atoms with Crippen LogP contribution in [0.25, 0.3) is 0 Å². The van der Waals surface area contributed by atoms with Crippen LogP contribution >= 0.6 is 0 Å². The molecule has 0 bridgehead atoms. The van der Waals surface area contributed by atoms with Gasteiger partial charge in [0.25, 0.3) is 0 Å². The first-order valence-corrected chi connectivity index (χ1v) is 8.40. The summed E-state index contributed by atoms with van der Waals surface area (Å²) >= 11 is 0. The lowest BCUT2D eigenvalue weighted by molar-refractivity contribution is 0.190. The molecule has 1 saturated heterocycles. The molecule has 124 valence electrons. The Morgan fingerprint density at radius 3 is 2.61 bits per heavy atom. The Bertz CT molecular complexity index is 527. The van der Waals surface area contributed by atoms with Gasteiger partial charge >= 0.3 is 6.03 Å². The number of rotatable bonds is 6. The summed E-state index contributed by atoms with van der Waals surface area (Å²) in [6.07, 6.45) is 3.57. The van der Waals surface area contributed by atoms with E-state index in [1.165, 1.54) is 25.9 Å². The largest absolute Gasteiger partial charge is 0.338 e. The van der Waals surface area contributed by atoms with E-state index in [1.54, 1.807) is 12.1 Å². The summed E-state index contributed by atoms with van der Waals surface area (Å²) in [5.74, 6) is 0.859. The highest BCUT2D eigenvalue weighted by molar-refractivity contribution is 5.73. The molecule has 0 radical (unpaired) electrons. The maximum atomic E-state index is 11.7. The van der Waals surface area contributed by atoms with Crippen LogP contribution < -0.4 is 10.6 Å². The second-order valence-electron chi connectivity index (χ2n) is 6.30. The number of nitrogens with zero attached hydrogens (tertiary/aromatic N) is 2. The molecule has 5 heteroatoms. The number of carbonyl (C=O) groups excluding carboxylic acids is 1. The minimum absolute atomic E-state index is 0.137. The van der Waals surface area contributed by atoms with Gasteiger partial charge in [0, 0.05) is 13.1 Å². The van der Waals surface area contributed by atoms with Gasteiger partial charge in [0.05, 0.1) is 11.6 Å². The minimum atomic E-state index is -0.137. The van der Waals surface area contributed by atoms with Crippen molar-refractivity contribution in [3.63, 3.8) is 0 Å². The average Bonchev–Trinajstić information content (AvgIpc) is 2.59. The summed E-state index contributed by atoms with van der Waals surface area (Å²) in [4.78, 5) is 14.2. The van der Waals surface area contributed by atoms with Gasteiger partial charge < -0.3 is 15.5 Å². The topological polar surface area (TPSA) is 68.2 Å². The van der Waals surface area contributed by atoms with Crippen molar-refractivity contribution in [1.29, 1.82) is 5.26 Å². The van der Waals surface area contributed by atoms with Gasteiger partial charge in [-0.25, -0.2) is 4.79 Å². The average molecular weight is 314 g/mol. The van der Waals surface area contributed by atoms with Crippen LogP contribution in [0, 0.1) is 17.2 Å². The molecule has 2 rings (SSSR count). The van der Waals surface area contributed by atoms with Gasteiger partial charge in [0.1, 0.15) is 0 Å². The Hall–Kier alpha value is -2.06. The van der Waals surface area contributed by atoms with Gasteiger partial charge in [-0.1, -0.05) is 19.1 Å². The van der Waals surface area contributed by atoms with Crippen LogP contribution in [0.5, 0.6) is 0 Å². The molecule has 1 aromatic rings. The van der Waals surface area contributed by atoms with Gasteiger partial charge in [-0.2, -0.15) is 5.26 Å². The Balaban J connectivity index is 1.55. The van der Waals surface area contributed by atoms with Gasteiger partial charge in [-0.05, 0) is 62.5 Å². The summed E-state index contributed by atoms with van der Waals surface area (Å²) in [6, 6.07) is 9.17. The van der Waals surface area contributed by atoms with Crippen molar-refractivity contribution in [2.45, 2.75) is 32.7 Å². The van der Waals surface area contributed by atoms with E-state index in [4.69, 9.17) is 5.26 Å². The SMILES string of the molecule is CC1CCN(CCCNC(=O)NCc2ccc(C#N)cc2)CC1. The summed E-state index contributed by atoms with van der Waals surface area (Å²) < 4.78 is 0. The van der Waals surface area contributed by atoms with Crippen LogP contribution in [0.4, 0.5) is 4.79 Å². The fraction of sp³-hybridized carbons (Fsp3) is 0.556. The lowest BCUT2D eigenvalue weighted by Gasteiger charge is -2.30. The molecule has 0 aromatic heterocycles. The first-order chi connectivity index (χ1) is 11.2. The molecule has 2 N–H and O–H groups in total. The van der Waals surface area contributed by atoms with Gasteiger partial charge in [0.15, 0.2) is 0 Å². The van der Waals surface area contributed by atoms with E-state index in [2.05, 4.69) is 28.5 Å². The number of piperidine rings is 1. The van der Waals surface area contributed by atoms with Crippen molar-refractivity contribution < 1.29 is 4.79 Å². The van der Waals surface area contributed by atoms with Crippen LogP contribution in [0.2, 0.25) is 0 Å². The number of amides is 2. The number of benzene rings is 1. The van der Waals surface area contributed by atoms with Crippen molar-refractivity contribution in [2.75, 3.05) is 26.2 Å². The van der Waals surface area contributed by atoms with Crippen molar-refractivity contribution in [2.24, 2.45) is 5.92 Å². The predicted octanol–water partition coefficient (Wildman–Crippen LogP) is 2.48. The molecular weight excluding hydrogens is 288 g/mol. The maximum Gasteiger partial charge on any atom is 0.315 e. The van der Waals surface area contributed by atoms with Crippen LogP contribution in [-0.4, -0.2) is 37.1 Å². The van der Waals surface area contributed by atoms with Gasteiger partial charge in [-0.3, -0.25) is 0 Å². The van der Waals surface area contributed by atoms with Gasteiger partial charge in [-0.15, -0.1) is 0 Å². The normalized spacial score (nSPS) is 15.8. The molecule has 0 spiro atoms. The first kappa shape index (κ1) is 17.3.